The van der Waals surface area contributed by atoms with Gasteiger partial charge in [0.2, 0.25) is 0 Å². The molecule has 0 saturated heterocycles. The molecule has 0 atom stereocenters. The van der Waals surface area contributed by atoms with Crippen LogP contribution in [0.15, 0.2) is 0 Å². The highest BCUT2D eigenvalue weighted by molar-refractivity contribution is 7.97. The van der Waals surface area contributed by atoms with Gasteiger partial charge in [0.05, 0.1) is 14.7 Å². The van der Waals surface area contributed by atoms with Crippen molar-refractivity contribution in [3.05, 3.63) is 14.6 Å². The Morgan fingerprint density at radius 3 is 2.60 bits per heavy atom. The SMILES string of the molecule is CSCc1c(NCCCCN)c(=S)c1=S. The van der Waals surface area contributed by atoms with Gasteiger partial charge in [-0.3, -0.25) is 0 Å². The number of unbranched alkanes of at least 4 members (excludes halogenated alkanes) is 1. The van der Waals surface area contributed by atoms with Gasteiger partial charge >= 0.3 is 0 Å². The summed E-state index contributed by atoms with van der Waals surface area (Å²) < 4.78 is 1.71. The summed E-state index contributed by atoms with van der Waals surface area (Å²) in [5.41, 5.74) is 7.74. The van der Waals surface area contributed by atoms with Gasteiger partial charge in [-0.1, -0.05) is 24.4 Å². The minimum absolute atomic E-state index is 0.751. The lowest BCUT2D eigenvalue weighted by molar-refractivity contribution is 0.773. The molecule has 0 fully saturated rings. The van der Waals surface area contributed by atoms with Crippen LogP contribution in [0.5, 0.6) is 0 Å². The molecular weight excluding hydrogens is 244 g/mol. The molecule has 15 heavy (non-hydrogen) atoms. The summed E-state index contributed by atoms with van der Waals surface area (Å²) in [6, 6.07) is 0. The zero-order valence-corrected chi connectivity index (χ0v) is 11.3. The zero-order valence-electron chi connectivity index (χ0n) is 8.84. The quantitative estimate of drug-likeness (QED) is 0.582. The fraction of sp³-hybridized carbons (Fsp3) is 0.600. The molecule has 0 aliphatic carbocycles. The third kappa shape index (κ3) is 3.24. The second-order valence-corrected chi connectivity index (χ2v) is 5.05. The van der Waals surface area contributed by atoms with E-state index in [-0.39, 0.29) is 0 Å². The normalized spacial score (nSPS) is 10.8. The first kappa shape index (κ1) is 13.1. The summed E-state index contributed by atoms with van der Waals surface area (Å²) in [4.78, 5) is 0. The Balaban J connectivity index is 2.50. The zero-order chi connectivity index (χ0) is 11.3. The second-order valence-electron chi connectivity index (χ2n) is 3.37. The number of hydrogen-bond acceptors (Lipinski definition) is 5. The van der Waals surface area contributed by atoms with Crippen LogP contribution in [0.1, 0.15) is 18.4 Å². The number of thioether (sulfide) groups is 1. The molecule has 0 aliphatic rings. The maximum atomic E-state index is 5.43. The molecule has 1 aromatic carbocycles. The topological polar surface area (TPSA) is 38.0 Å². The predicted molar refractivity (Wildman–Crippen MR) is 74.5 cm³/mol. The Morgan fingerprint density at radius 2 is 2.00 bits per heavy atom. The van der Waals surface area contributed by atoms with E-state index in [1.54, 1.807) is 11.8 Å². The minimum atomic E-state index is 0.751. The highest BCUT2D eigenvalue weighted by Crippen LogP contribution is 2.29. The molecule has 1 rings (SSSR count). The molecule has 0 spiro atoms. The lowest BCUT2D eigenvalue weighted by Crippen LogP contribution is -2.10. The highest BCUT2D eigenvalue weighted by Gasteiger charge is 2.12. The van der Waals surface area contributed by atoms with E-state index in [0.717, 1.165) is 46.4 Å². The Bertz CT molecular complexity index is 380. The van der Waals surface area contributed by atoms with Gasteiger partial charge in [0.25, 0.3) is 0 Å². The Morgan fingerprint density at radius 1 is 1.27 bits per heavy atom. The van der Waals surface area contributed by atoms with Crippen LogP contribution in [-0.2, 0) is 5.75 Å². The maximum absolute atomic E-state index is 5.43. The molecule has 84 valence electrons. The van der Waals surface area contributed by atoms with Crippen molar-refractivity contribution in [2.75, 3.05) is 24.7 Å². The average molecular weight is 260 g/mol. The van der Waals surface area contributed by atoms with Crippen LogP contribution >= 0.6 is 36.2 Å². The third-order valence-electron chi connectivity index (χ3n) is 2.23. The lowest BCUT2D eigenvalue weighted by atomic mass is 10.1. The van der Waals surface area contributed by atoms with Gasteiger partial charge in [0.1, 0.15) is 0 Å². The van der Waals surface area contributed by atoms with E-state index in [9.17, 15) is 0 Å². The number of rotatable bonds is 7. The molecule has 0 aliphatic heterocycles. The van der Waals surface area contributed by atoms with Crippen LogP contribution < -0.4 is 11.1 Å². The van der Waals surface area contributed by atoms with E-state index >= 15 is 0 Å². The van der Waals surface area contributed by atoms with Crippen LogP contribution in [0, 0.1) is 9.02 Å². The molecule has 2 nitrogen and oxygen atoms in total. The number of hydrogen-bond donors (Lipinski definition) is 2. The fourth-order valence-corrected chi connectivity index (χ4v) is 2.65. The maximum Gasteiger partial charge on any atom is 0.0796 e. The van der Waals surface area contributed by atoms with Gasteiger partial charge in [-0.25, -0.2) is 0 Å². The molecule has 5 heteroatoms. The molecule has 3 N–H and O–H groups in total. The van der Waals surface area contributed by atoms with E-state index < -0.39 is 0 Å². The Kier molecular flexibility index (Phi) is 5.74. The van der Waals surface area contributed by atoms with Crippen LogP contribution in [0.25, 0.3) is 0 Å². The van der Waals surface area contributed by atoms with E-state index in [0.29, 0.717) is 0 Å². The van der Waals surface area contributed by atoms with Gasteiger partial charge in [-0.15, -0.1) is 0 Å². The lowest BCUT2D eigenvalue weighted by Gasteiger charge is -2.15. The summed E-state index contributed by atoms with van der Waals surface area (Å²) in [6.07, 6.45) is 4.21. The monoisotopic (exact) mass is 260 g/mol. The predicted octanol–water partition coefficient (Wildman–Crippen LogP) is 3.03. The molecule has 0 radical (unpaired) electrons. The van der Waals surface area contributed by atoms with Gasteiger partial charge in [-0.05, 0) is 25.6 Å². The van der Waals surface area contributed by atoms with Crippen LogP contribution in [0.2, 0.25) is 0 Å². The molecule has 0 heterocycles. The van der Waals surface area contributed by atoms with E-state index in [1.165, 1.54) is 5.56 Å². The first-order valence-electron chi connectivity index (χ1n) is 4.97. The number of nitrogens with two attached hydrogens (primary N) is 1. The average Bonchev–Trinajstić information content (AvgIpc) is 2.26. The van der Waals surface area contributed by atoms with Crippen LogP contribution in [0.3, 0.4) is 0 Å². The van der Waals surface area contributed by atoms with Crippen molar-refractivity contribution < 1.29 is 0 Å². The molecule has 0 saturated carbocycles. The number of nitrogens with one attached hydrogen (secondary N) is 1. The number of anilines is 1. The van der Waals surface area contributed by atoms with Crippen molar-refractivity contribution in [2.24, 2.45) is 5.73 Å². The fourth-order valence-electron chi connectivity index (χ4n) is 1.39. The van der Waals surface area contributed by atoms with Crippen LogP contribution in [0.4, 0.5) is 5.69 Å². The van der Waals surface area contributed by atoms with Gasteiger partial charge in [0.15, 0.2) is 0 Å². The third-order valence-corrected chi connectivity index (χ3v) is 3.80. The minimum Gasteiger partial charge on any atom is -0.384 e. The van der Waals surface area contributed by atoms with Crippen molar-refractivity contribution in [1.82, 2.24) is 0 Å². The van der Waals surface area contributed by atoms with Crippen molar-refractivity contribution in [3.63, 3.8) is 0 Å². The summed E-state index contributed by atoms with van der Waals surface area (Å²) >= 11 is 12.2. The van der Waals surface area contributed by atoms with Gasteiger partial charge in [-0.2, -0.15) is 11.8 Å². The smallest absolute Gasteiger partial charge is 0.0796 e. The van der Waals surface area contributed by atoms with Crippen LogP contribution in [-0.4, -0.2) is 19.3 Å². The molecule has 0 bridgehead atoms. The first-order valence-corrected chi connectivity index (χ1v) is 7.18. The Labute approximate surface area is 105 Å². The molecular formula is C10H16N2S3. The van der Waals surface area contributed by atoms with E-state index in [4.69, 9.17) is 30.2 Å². The summed E-state index contributed by atoms with van der Waals surface area (Å²) in [7, 11) is 0. The molecule has 0 amide bonds. The highest BCUT2D eigenvalue weighted by atomic mass is 32.2. The first-order chi connectivity index (χ1) is 7.22. The van der Waals surface area contributed by atoms with Gasteiger partial charge < -0.3 is 11.1 Å². The molecule has 1 aromatic rings. The Hall–Kier alpha value is 0.0300. The summed E-state index contributed by atoms with van der Waals surface area (Å²) in [5.74, 6) is 0.957. The van der Waals surface area contributed by atoms with Crippen molar-refractivity contribution >= 4 is 41.9 Å². The summed E-state index contributed by atoms with van der Waals surface area (Å²) in [5, 5.41) is 3.35. The van der Waals surface area contributed by atoms with E-state index in [1.807, 2.05) is 0 Å². The summed E-state index contributed by atoms with van der Waals surface area (Å²) in [6.45, 7) is 1.69. The van der Waals surface area contributed by atoms with E-state index in [2.05, 4.69) is 11.6 Å². The molecule has 0 unspecified atom stereocenters. The molecule has 0 aromatic heterocycles. The standard InChI is InChI=1S/C10H16N2S3/c1-15-6-7-8(10(14)9(7)13)12-5-3-2-4-11/h12H,2-6,11H2,1H3. The largest absolute Gasteiger partial charge is 0.384 e. The van der Waals surface area contributed by atoms with Crippen molar-refractivity contribution in [1.29, 1.82) is 0 Å². The van der Waals surface area contributed by atoms with Crippen molar-refractivity contribution in [3.8, 4) is 0 Å². The van der Waals surface area contributed by atoms with Gasteiger partial charge in [0, 0.05) is 17.9 Å². The van der Waals surface area contributed by atoms with Crippen molar-refractivity contribution in [2.45, 2.75) is 18.6 Å². The second kappa shape index (κ2) is 6.58.